The molecule has 1 aromatic heterocycles. The third-order valence-electron chi connectivity index (χ3n) is 3.18. The lowest BCUT2D eigenvalue weighted by molar-refractivity contribution is 0.483. The van der Waals surface area contributed by atoms with Crippen LogP contribution in [-0.4, -0.2) is 4.98 Å². The number of benzene rings is 2. The molecule has 3 aromatic rings. The number of hydrogen-bond acceptors (Lipinski definition) is 4. The predicted octanol–water partition coefficient (Wildman–Crippen LogP) is 4.81. The molecule has 108 valence electrons. The van der Waals surface area contributed by atoms with E-state index in [-0.39, 0.29) is 0 Å². The Morgan fingerprint density at radius 3 is 2.68 bits per heavy atom. The number of nitrogens with zero attached hydrogens (tertiary/aromatic N) is 2. The molecule has 0 aliphatic carbocycles. The van der Waals surface area contributed by atoms with Crippen molar-refractivity contribution in [2.45, 2.75) is 17.8 Å². The second-order valence-electron chi connectivity index (χ2n) is 4.91. The number of oxazole rings is 1. The van der Waals surface area contributed by atoms with Crippen molar-refractivity contribution < 1.29 is 4.42 Å². The lowest BCUT2D eigenvalue weighted by Gasteiger charge is -2.00. The van der Waals surface area contributed by atoms with Crippen LogP contribution in [0, 0.1) is 18.3 Å². The predicted molar refractivity (Wildman–Crippen MR) is 87.4 cm³/mol. The summed E-state index contributed by atoms with van der Waals surface area (Å²) in [4.78, 5) is 4.28. The molecular formula is C18H14N2OS. The third kappa shape index (κ3) is 3.21. The van der Waals surface area contributed by atoms with Crippen molar-refractivity contribution in [3.8, 4) is 17.5 Å². The number of rotatable bonds is 4. The van der Waals surface area contributed by atoms with Gasteiger partial charge in [0.1, 0.15) is 6.07 Å². The molecular weight excluding hydrogens is 292 g/mol. The summed E-state index contributed by atoms with van der Waals surface area (Å²) in [6.07, 6.45) is 0. The topological polar surface area (TPSA) is 49.8 Å². The van der Waals surface area contributed by atoms with Crippen molar-refractivity contribution in [1.29, 1.82) is 5.26 Å². The summed E-state index contributed by atoms with van der Waals surface area (Å²) in [7, 11) is 0. The van der Waals surface area contributed by atoms with Crippen LogP contribution in [0.5, 0.6) is 0 Å². The van der Waals surface area contributed by atoms with Crippen LogP contribution < -0.4 is 0 Å². The Balaban J connectivity index is 1.82. The highest BCUT2D eigenvalue weighted by molar-refractivity contribution is 7.98. The first-order valence-electron chi connectivity index (χ1n) is 6.91. The van der Waals surface area contributed by atoms with Gasteiger partial charge in [0.25, 0.3) is 0 Å². The van der Waals surface area contributed by atoms with E-state index in [2.05, 4.69) is 36.2 Å². The molecule has 3 nitrogen and oxygen atoms in total. The SMILES string of the molecule is Cc1cccc(CSc2oc(-c3ccccc3)nc2C#N)c1. The van der Waals surface area contributed by atoms with E-state index in [0.717, 1.165) is 11.3 Å². The zero-order chi connectivity index (χ0) is 15.4. The van der Waals surface area contributed by atoms with E-state index in [1.54, 1.807) is 0 Å². The van der Waals surface area contributed by atoms with E-state index >= 15 is 0 Å². The van der Waals surface area contributed by atoms with E-state index in [1.165, 1.54) is 22.9 Å². The fraction of sp³-hybridized carbons (Fsp3) is 0.111. The van der Waals surface area contributed by atoms with Crippen molar-refractivity contribution in [1.82, 2.24) is 4.98 Å². The molecule has 0 aliphatic heterocycles. The second kappa shape index (κ2) is 6.50. The van der Waals surface area contributed by atoms with Gasteiger partial charge in [-0.15, -0.1) is 0 Å². The Morgan fingerprint density at radius 2 is 1.95 bits per heavy atom. The summed E-state index contributed by atoms with van der Waals surface area (Å²) in [5.74, 6) is 1.24. The van der Waals surface area contributed by atoms with Gasteiger partial charge in [-0.1, -0.05) is 59.8 Å². The first-order valence-corrected chi connectivity index (χ1v) is 7.89. The molecule has 0 saturated carbocycles. The second-order valence-corrected chi connectivity index (χ2v) is 5.86. The molecule has 3 rings (SSSR count). The van der Waals surface area contributed by atoms with Gasteiger partial charge in [0.05, 0.1) is 0 Å². The molecule has 0 aliphatic rings. The zero-order valence-electron chi connectivity index (χ0n) is 12.1. The normalized spacial score (nSPS) is 10.4. The Kier molecular flexibility index (Phi) is 4.27. The lowest BCUT2D eigenvalue weighted by Crippen LogP contribution is -1.82. The molecule has 0 saturated heterocycles. The van der Waals surface area contributed by atoms with E-state index in [0.29, 0.717) is 16.7 Å². The van der Waals surface area contributed by atoms with Crippen LogP contribution in [0.2, 0.25) is 0 Å². The third-order valence-corrected chi connectivity index (χ3v) is 4.19. The Hall–Kier alpha value is -2.51. The van der Waals surface area contributed by atoms with Crippen LogP contribution in [0.15, 0.2) is 64.1 Å². The maximum absolute atomic E-state index is 9.23. The minimum absolute atomic E-state index is 0.344. The lowest BCUT2D eigenvalue weighted by atomic mass is 10.2. The van der Waals surface area contributed by atoms with Crippen molar-refractivity contribution in [2.75, 3.05) is 0 Å². The van der Waals surface area contributed by atoms with Gasteiger partial charge in [0, 0.05) is 11.3 Å². The minimum atomic E-state index is 0.344. The summed E-state index contributed by atoms with van der Waals surface area (Å²) in [5, 5.41) is 9.81. The molecule has 0 bridgehead atoms. The van der Waals surface area contributed by atoms with Crippen molar-refractivity contribution in [2.24, 2.45) is 0 Å². The minimum Gasteiger partial charge on any atom is -0.428 e. The average Bonchev–Trinajstić information content (AvgIpc) is 2.97. The van der Waals surface area contributed by atoms with E-state index in [4.69, 9.17) is 4.42 Å². The molecule has 0 unspecified atom stereocenters. The highest BCUT2D eigenvalue weighted by atomic mass is 32.2. The van der Waals surface area contributed by atoms with Crippen molar-refractivity contribution in [3.05, 3.63) is 71.4 Å². The van der Waals surface area contributed by atoms with Crippen LogP contribution in [0.3, 0.4) is 0 Å². The molecule has 0 fully saturated rings. The molecule has 4 heteroatoms. The number of hydrogen-bond donors (Lipinski definition) is 0. The molecule has 2 aromatic carbocycles. The highest BCUT2D eigenvalue weighted by Crippen LogP contribution is 2.31. The first kappa shape index (κ1) is 14.4. The van der Waals surface area contributed by atoms with Crippen LogP contribution in [0.4, 0.5) is 0 Å². The van der Waals surface area contributed by atoms with Crippen LogP contribution >= 0.6 is 11.8 Å². The van der Waals surface area contributed by atoms with Gasteiger partial charge in [0.15, 0.2) is 10.8 Å². The summed E-state index contributed by atoms with van der Waals surface area (Å²) < 4.78 is 5.77. The number of nitriles is 1. The van der Waals surface area contributed by atoms with Gasteiger partial charge in [-0.05, 0) is 24.6 Å². The fourth-order valence-electron chi connectivity index (χ4n) is 2.13. The molecule has 0 atom stereocenters. The Bertz CT molecular complexity index is 819. The zero-order valence-corrected chi connectivity index (χ0v) is 12.9. The fourth-order valence-corrected chi connectivity index (χ4v) is 2.97. The summed E-state index contributed by atoms with van der Waals surface area (Å²) in [6, 6.07) is 20.0. The molecule has 0 spiro atoms. The van der Waals surface area contributed by atoms with Crippen LogP contribution in [-0.2, 0) is 5.75 Å². The van der Waals surface area contributed by atoms with Gasteiger partial charge in [-0.3, -0.25) is 0 Å². The molecule has 0 N–H and O–H groups in total. The first-order chi connectivity index (χ1) is 10.8. The summed E-state index contributed by atoms with van der Waals surface area (Å²) in [6.45, 7) is 2.07. The Labute approximate surface area is 133 Å². The summed E-state index contributed by atoms with van der Waals surface area (Å²) >= 11 is 1.50. The van der Waals surface area contributed by atoms with Crippen molar-refractivity contribution >= 4 is 11.8 Å². The number of aryl methyl sites for hydroxylation is 1. The summed E-state index contributed by atoms with van der Waals surface area (Å²) in [5.41, 5.74) is 3.64. The van der Waals surface area contributed by atoms with E-state index in [1.807, 2.05) is 36.4 Å². The molecule has 0 amide bonds. The van der Waals surface area contributed by atoms with E-state index in [9.17, 15) is 5.26 Å². The van der Waals surface area contributed by atoms with Crippen LogP contribution in [0.1, 0.15) is 16.8 Å². The molecule has 22 heavy (non-hydrogen) atoms. The van der Waals surface area contributed by atoms with Crippen LogP contribution in [0.25, 0.3) is 11.5 Å². The largest absolute Gasteiger partial charge is 0.428 e. The van der Waals surface area contributed by atoms with Gasteiger partial charge < -0.3 is 4.42 Å². The average molecular weight is 306 g/mol. The number of aromatic nitrogens is 1. The van der Waals surface area contributed by atoms with Gasteiger partial charge in [-0.2, -0.15) is 10.2 Å². The monoisotopic (exact) mass is 306 g/mol. The standard InChI is InChI=1S/C18H14N2OS/c1-13-6-5-7-14(10-13)12-22-18-16(11-19)20-17(21-18)15-8-3-2-4-9-15/h2-10H,12H2,1H3. The van der Waals surface area contributed by atoms with Gasteiger partial charge >= 0.3 is 0 Å². The van der Waals surface area contributed by atoms with E-state index < -0.39 is 0 Å². The molecule has 1 heterocycles. The maximum Gasteiger partial charge on any atom is 0.228 e. The number of thioether (sulfide) groups is 1. The quantitative estimate of drug-likeness (QED) is 0.649. The molecule has 0 radical (unpaired) electrons. The maximum atomic E-state index is 9.23. The van der Waals surface area contributed by atoms with Gasteiger partial charge in [-0.25, -0.2) is 0 Å². The van der Waals surface area contributed by atoms with Crippen molar-refractivity contribution in [3.63, 3.8) is 0 Å². The Morgan fingerprint density at radius 1 is 1.14 bits per heavy atom. The highest BCUT2D eigenvalue weighted by Gasteiger charge is 2.14. The van der Waals surface area contributed by atoms with Gasteiger partial charge in [0.2, 0.25) is 5.89 Å². The smallest absolute Gasteiger partial charge is 0.228 e.